The van der Waals surface area contributed by atoms with Crippen LogP contribution in [0.4, 0.5) is 0 Å². The zero-order valence-corrected chi connectivity index (χ0v) is 19.4. The first-order valence-electron chi connectivity index (χ1n) is 11.1. The highest BCUT2D eigenvalue weighted by Crippen LogP contribution is 2.17. The van der Waals surface area contributed by atoms with Crippen molar-refractivity contribution in [1.29, 1.82) is 0 Å². The number of allylic oxidation sites excluding steroid dienone is 2. The minimum atomic E-state index is -0.776. The number of benzene rings is 2. The molecule has 0 aliphatic carbocycles. The van der Waals surface area contributed by atoms with E-state index in [1.165, 1.54) is 12.2 Å². The first-order chi connectivity index (χ1) is 16.5. The van der Waals surface area contributed by atoms with Gasteiger partial charge in [0.05, 0.1) is 29.7 Å². The predicted octanol–water partition coefficient (Wildman–Crippen LogP) is 5.18. The normalized spacial score (nSPS) is 11.6. The highest BCUT2D eigenvalue weighted by Gasteiger charge is 2.17. The number of hydrogen-bond acceptors (Lipinski definition) is 4. The molecule has 4 rings (SSSR count). The van der Waals surface area contributed by atoms with Crippen LogP contribution in [0.1, 0.15) is 29.4 Å². The van der Waals surface area contributed by atoms with E-state index in [0.717, 1.165) is 33.9 Å². The second-order valence-electron chi connectivity index (χ2n) is 8.06. The number of nitrogens with zero attached hydrogens (tertiary/aromatic N) is 4. The van der Waals surface area contributed by atoms with E-state index in [-0.39, 0.29) is 11.6 Å². The topological polar surface area (TPSA) is 69.8 Å². The van der Waals surface area contributed by atoms with Crippen LogP contribution in [0, 0.1) is 19.8 Å². The van der Waals surface area contributed by atoms with E-state index in [2.05, 4.69) is 10.2 Å². The Bertz CT molecular complexity index is 1260. The van der Waals surface area contributed by atoms with Crippen molar-refractivity contribution in [2.75, 3.05) is 0 Å². The van der Waals surface area contributed by atoms with Crippen molar-refractivity contribution in [2.24, 2.45) is 5.92 Å². The standard InChI is InChI=1S/C28H26N4O2/c1-20(27(33)16-14-23-18-29-31(21(23)2)25-10-6-4-7-11-25)28(34)17-15-24-19-30-32(22(24)3)26-12-8-5-9-13-26/h4-20H,1-3H3/b16-14+,17-15+. The summed E-state index contributed by atoms with van der Waals surface area (Å²) in [4.78, 5) is 25.3. The second kappa shape index (κ2) is 10.1. The van der Waals surface area contributed by atoms with E-state index in [4.69, 9.17) is 0 Å². The van der Waals surface area contributed by atoms with Crippen molar-refractivity contribution >= 4 is 23.7 Å². The van der Waals surface area contributed by atoms with Crippen molar-refractivity contribution in [3.8, 4) is 11.4 Å². The van der Waals surface area contributed by atoms with Crippen LogP contribution in [0.5, 0.6) is 0 Å². The Balaban J connectivity index is 1.42. The summed E-state index contributed by atoms with van der Waals surface area (Å²) in [5.74, 6) is -1.28. The fraction of sp³-hybridized carbons (Fsp3) is 0.143. The average Bonchev–Trinajstić information content (AvgIpc) is 3.43. The summed E-state index contributed by atoms with van der Waals surface area (Å²) in [6, 6.07) is 19.6. The number of rotatable bonds is 8. The minimum absolute atomic E-state index is 0.252. The molecule has 34 heavy (non-hydrogen) atoms. The van der Waals surface area contributed by atoms with E-state index < -0.39 is 5.92 Å². The van der Waals surface area contributed by atoms with E-state index in [1.54, 1.807) is 31.5 Å². The Morgan fingerprint density at radius 2 is 1.09 bits per heavy atom. The highest BCUT2D eigenvalue weighted by atomic mass is 16.1. The Morgan fingerprint density at radius 3 is 1.47 bits per heavy atom. The minimum Gasteiger partial charge on any atom is -0.294 e. The molecule has 4 aromatic rings. The van der Waals surface area contributed by atoms with Gasteiger partial charge in [-0.3, -0.25) is 9.59 Å². The molecule has 0 saturated heterocycles. The van der Waals surface area contributed by atoms with Gasteiger partial charge in [-0.05, 0) is 69.3 Å². The van der Waals surface area contributed by atoms with E-state index in [0.29, 0.717) is 0 Å². The Kier molecular flexibility index (Phi) is 6.78. The van der Waals surface area contributed by atoms with Crippen LogP contribution in [-0.2, 0) is 9.59 Å². The van der Waals surface area contributed by atoms with Gasteiger partial charge in [0, 0.05) is 22.5 Å². The maximum atomic E-state index is 12.6. The Labute approximate surface area is 198 Å². The van der Waals surface area contributed by atoms with Crippen LogP contribution < -0.4 is 0 Å². The SMILES string of the molecule is Cc1c(/C=C/C(=O)C(C)C(=O)/C=C/c2cnn(-c3ccccc3)c2C)cnn1-c1ccccc1. The maximum absolute atomic E-state index is 12.6. The molecular formula is C28H26N4O2. The van der Waals surface area contributed by atoms with Gasteiger partial charge in [-0.25, -0.2) is 9.36 Å². The van der Waals surface area contributed by atoms with E-state index in [9.17, 15) is 9.59 Å². The number of carbonyl (C=O) groups is 2. The summed E-state index contributed by atoms with van der Waals surface area (Å²) in [5.41, 5.74) is 5.39. The van der Waals surface area contributed by atoms with Crippen molar-refractivity contribution in [3.05, 3.63) is 108 Å². The van der Waals surface area contributed by atoms with E-state index in [1.807, 2.05) is 83.9 Å². The van der Waals surface area contributed by atoms with Gasteiger partial charge in [0.1, 0.15) is 0 Å². The van der Waals surface area contributed by atoms with Crippen molar-refractivity contribution in [3.63, 3.8) is 0 Å². The number of hydrogen-bond donors (Lipinski definition) is 0. The van der Waals surface area contributed by atoms with Gasteiger partial charge in [-0.2, -0.15) is 10.2 Å². The molecular weight excluding hydrogens is 424 g/mol. The number of aromatic nitrogens is 4. The quantitative estimate of drug-likeness (QED) is 0.274. The average molecular weight is 451 g/mol. The van der Waals surface area contributed by atoms with Crippen LogP contribution in [0.2, 0.25) is 0 Å². The van der Waals surface area contributed by atoms with Crippen LogP contribution >= 0.6 is 0 Å². The summed E-state index contributed by atoms with van der Waals surface area (Å²) in [7, 11) is 0. The molecule has 6 nitrogen and oxygen atoms in total. The summed E-state index contributed by atoms with van der Waals surface area (Å²) in [6.07, 6.45) is 9.76. The third kappa shape index (κ3) is 4.86. The van der Waals surface area contributed by atoms with Crippen LogP contribution in [0.25, 0.3) is 23.5 Å². The zero-order chi connectivity index (χ0) is 24.1. The largest absolute Gasteiger partial charge is 0.294 e. The summed E-state index contributed by atoms with van der Waals surface area (Å²) in [5, 5.41) is 8.81. The van der Waals surface area contributed by atoms with Gasteiger partial charge in [-0.15, -0.1) is 0 Å². The van der Waals surface area contributed by atoms with Gasteiger partial charge >= 0.3 is 0 Å². The van der Waals surface area contributed by atoms with Gasteiger partial charge in [0.15, 0.2) is 11.6 Å². The smallest absolute Gasteiger partial charge is 0.166 e. The molecule has 0 bridgehead atoms. The van der Waals surface area contributed by atoms with E-state index >= 15 is 0 Å². The van der Waals surface area contributed by atoms with Crippen molar-refractivity contribution < 1.29 is 9.59 Å². The van der Waals surface area contributed by atoms with Crippen LogP contribution in [0.3, 0.4) is 0 Å². The molecule has 0 spiro atoms. The lowest BCUT2D eigenvalue weighted by atomic mass is 9.99. The van der Waals surface area contributed by atoms with Gasteiger partial charge < -0.3 is 0 Å². The fourth-order valence-electron chi connectivity index (χ4n) is 3.60. The lowest BCUT2D eigenvalue weighted by Crippen LogP contribution is -2.17. The van der Waals surface area contributed by atoms with Gasteiger partial charge in [-0.1, -0.05) is 36.4 Å². The summed E-state index contributed by atoms with van der Waals surface area (Å²) in [6.45, 7) is 5.51. The highest BCUT2D eigenvalue weighted by molar-refractivity contribution is 6.13. The molecule has 0 saturated carbocycles. The first-order valence-corrected chi connectivity index (χ1v) is 11.1. The summed E-state index contributed by atoms with van der Waals surface area (Å²) >= 11 is 0. The molecule has 6 heteroatoms. The Morgan fingerprint density at radius 1 is 0.706 bits per heavy atom. The van der Waals surface area contributed by atoms with Gasteiger partial charge in [0.25, 0.3) is 0 Å². The van der Waals surface area contributed by atoms with Crippen LogP contribution in [-0.4, -0.2) is 31.1 Å². The molecule has 2 aromatic heterocycles. The third-order valence-corrected chi connectivity index (χ3v) is 5.80. The first kappa shape index (κ1) is 22.9. The Hall–Kier alpha value is -4.32. The third-order valence-electron chi connectivity index (χ3n) is 5.80. The molecule has 2 heterocycles. The molecule has 0 aliphatic heterocycles. The zero-order valence-electron chi connectivity index (χ0n) is 19.4. The molecule has 0 radical (unpaired) electrons. The number of ketones is 2. The van der Waals surface area contributed by atoms with Crippen molar-refractivity contribution in [2.45, 2.75) is 20.8 Å². The molecule has 170 valence electrons. The molecule has 0 N–H and O–H groups in total. The molecule has 0 unspecified atom stereocenters. The number of para-hydroxylation sites is 2. The van der Waals surface area contributed by atoms with Gasteiger partial charge in [0.2, 0.25) is 0 Å². The van der Waals surface area contributed by atoms with Crippen LogP contribution in [0.15, 0.2) is 85.2 Å². The van der Waals surface area contributed by atoms with Crippen molar-refractivity contribution in [1.82, 2.24) is 19.6 Å². The molecule has 0 fully saturated rings. The second-order valence-corrected chi connectivity index (χ2v) is 8.06. The lowest BCUT2D eigenvalue weighted by Gasteiger charge is -2.05. The molecule has 0 aliphatic rings. The molecule has 0 atom stereocenters. The monoisotopic (exact) mass is 450 g/mol. The fourth-order valence-corrected chi connectivity index (χ4v) is 3.60. The molecule has 0 amide bonds. The number of carbonyl (C=O) groups excluding carboxylic acids is 2. The predicted molar refractivity (Wildman–Crippen MR) is 134 cm³/mol. The lowest BCUT2D eigenvalue weighted by molar-refractivity contribution is -0.126. The maximum Gasteiger partial charge on any atom is 0.166 e. The molecule has 2 aromatic carbocycles. The summed E-state index contributed by atoms with van der Waals surface area (Å²) < 4.78 is 3.64.